The second-order valence-corrected chi connectivity index (χ2v) is 6.29. The molecule has 1 fully saturated rings. The van der Waals surface area contributed by atoms with Crippen molar-refractivity contribution in [3.8, 4) is 6.07 Å². The highest BCUT2D eigenvalue weighted by Crippen LogP contribution is 2.35. The highest BCUT2D eigenvalue weighted by atomic mass is 16.7. The molecule has 1 aromatic heterocycles. The lowest BCUT2D eigenvalue weighted by molar-refractivity contribution is -0.166. The Hall–Kier alpha value is -3.46. The molecule has 0 aromatic carbocycles. The molecule has 4 atom stereocenters. The second kappa shape index (κ2) is 9.84. The zero-order valence-corrected chi connectivity index (χ0v) is 16.8. The molecule has 0 N–H and O–H groups in total. The van der Waals surface area contributed by atoms with E-state index in [1.54, 1.807) is 0 Å². The Bertz CT molecular complexity index is 873. The Labute approximate surface area is 171 Å². The van der Waals surface area contributed by atoms with Gasteiger partial charge in [-0.25, -0.2) is 9.78 Å². The highest BCUT2D eigenvalue weighted by Gasteiger charge is 2.51. The van der Waals surface area contributed by atoms with Crippen LogP contribution in [0.15, 0.2) is 6.33 Å². The molecular formula is C18H21N3O9. The first kappa shape index (κ1) is 22.8. The number of esters is 4. The Morgan fingerprint density at radius 1 is 1.13 bits per heavy atom. The summed E-state index contributed by atoms with van der Waals surface area (Å²) in [6.07, 6.45) is -3.39. The van der Waals surface area contributed by atoms with Crippen molar-refractivity contribution in [2.75, 3.05) is 13.7 Å². The molecule has 1 aliphatic rings. The van der Waals surface area contributed by atoms with E-state index < -0.39 is 48.4 Å². The number of methoxy groups -OCH3 is 1. The number of hydrogen-bond acceptors (Lipinski definition) is 11. The van der Waals surface area contributed by atoms with Crippen molar-refractivity contribution in [2.24, 2.45) is 0 Å². The van der Waals surface area contributed by atoms with Crippen molar-refractivity contribution in [2.45, 2.75) is 51.7 Å². The first-order valence-electron chi connectivity index (χ1n) is 8.83. The summed E-state index contributed by atoms with van der Waals surface area (Å²) < 4.78 is 27.4. The van der Waals surface area contributed by atoms with Crippen LogP contribution in [0.2, 0.25) is 0 Å². The van der Waals surface area contributed by atoms with Crippen LogP contribution in [-0.4, -0.2) is 65.5 Å². The molecule has 0 radical (unpaired) electrons. The van der Waals surface area contributed by atoms with Crippen LogP contribution in [0, 0.1) is 11.3 Å². The quantitative estimate of drug-likeness (QED) is 0.431. The standard InChI is InChI=1S/C18H21N3O9/c1-9(22)27-7-13-15(28-10(2)23)16(29-11(3)24)17(30-13)21-8-20-14(18(25)26-4)12(21)5-6-19/h8,13,15-17H,5,7H2,1-4H3/t13-,15-,16-,17-/m1/s1. The van der Waals surface area contributed by atoms with Crippen LogP contribution in [0.1, 0.15) is 43.2 Å². The molecule has 12 heteroatoms. The van der Waals surface area contributed by atoms with Crippen molar-refractivity contribution in [1.29, 1.82) is 5.26 Å². The molecule has 2 rings (SSSR count). The first-order chi connectivity index (χ1) is 14.2. The van der Waals surface area contributed by atoms with Crippen LogP contribution in [0.4, 0.5) is 0 Å². The summed E-state index contributed by atoms with van der Waals surface area (Å²) in [6.45, 7) is 3.23. The van der Waals surface area contributed by atoms with Gasteiger partial charge in [-0.1, -0.05) is 0 Å². The molecule has 30 heavy (non-hydrogen) atoms. The summed E-state index contributed by atoms with van der Waals surface area (Å²) in [5.74, 6) is -2.72. The molecule has 1 aromatic rings. The lowest BCUT2D eigenvalue weighted by Gasteiger charge is -2.24. The van der Waals surface area contributed by atoms with E-state index in [0.29, 0.717) is 0 Å². The van der Waals surface area contributed by atoms with Gasteiger partial charge in [0.1, 0.15) is 12.7 Å². The van der Waals surface area contributed by atoms with Gasteiger partial charge in [-0.05, 0) is 0 Å². The summed E-state index contributed by atoms with van der Waals surface area (Å²) in [4.78, 5) is 50.5. The number of carbonyl (C=O) groups excluding carboxylic acids is 4. The summed E-state index contributed by atoms with van der Waals surface area (Å²) in [7, 11) is 1.16. The summed E-state index contributed by atoms with van der Waals surface area (Å²) in [5, 5.41) is 9.17. The van der Waals surface area contributed by atoms with Crippen molar-refractivity contribution in [1.82, 2.24) is 9.55 Å². The fourth-order valence-electron chi connectivity index (χ4n) is 3.04. The molecule has 12 nitrogen and oxygen atoms in total. The maximum Gasteiger partial charge on any atom is 0.358 e. The van der Waals surface area contributed by atoms with Gasteiger partial charge in [0.15, 0.2) is 24.1 Å². The highest BCUT2D eigenvalue weighted by molar-refractivity contribution is 5.88. The third-order valence-electron chi connectivity index (χ3n) is 4.14. The molecule has 0 amide bonds. The number of nitrogens with zero attached hydrogens (tertiary/aromatic N) is 3. The largest absolute Gasteiger partial charge is 0.464 e. The molecular weight excluding hydrogens is 402 g/mol. The zero-order valence-electron chi connectivity index (χ0n) is 16.8. The lowest BCUT2D eigenvalue weighted by Crippen LogP contribution is -2.40. The molecule has 162 valence electrons. The average molecular weight is 423 g/mol. The first-order valence-corrected chi connectivity index (χ1v) is 8.83. The molecule has 0 spiro atoms. The van der Waals surface area contributed by atoms with Crippen LogP contribution < -0.4 is 0 Å². The number of rotatable bonds is 7. The van der Waals surface area contributed by atoms with Gasteiger partial charge in [0.25, 0.3) is 0 Å². The Morgan fingerprint density at radius 2 is 1.77 bits per heavy atom. The van der Waals surface area contributed by atoms with Crippen LogP contribution in [0.25, 0.3) is 0 Å². The van der Waals surface area contributed by atoms with Gasteiger partial charge >= 0.3 is 23.9 Å². The second-order valence-electron chi connectivity index (χ2n) is 6.29. The SMILES string of the molecule is COC(=O)c1ncn([C@@H]2O[C@H](COC(C)=O)[C@@H](OC(C)=O)[C@H]2OC(C)=O)c1CC#N. The van der Waals surface area contributed by atoms with Gasteiger partial charge in [-0.2, -0.15) is 5.26 Å². The monoisotopic (exact) mass is 423 g/mol. The number of nitriles is 1. The third kappa shape index (κ3) is 5.12. The lowest BCUT2D eigenvalue weighted by atomic mass is 10.1. The Kier molecular flexibility index (Phi) is 7.48. The van der Waals surface area contributed by atoms with Gasteiger partial charge in [-0.15, -0.1) is 0 Å². The smallest absolute Gasteiger partial charge is 0.358 e. The molecule has 2 heterocycles. The Morgan fingerprint density at radius 3 is 2.30 bits per heavy atom. The van der Waals surface area contributed by atoms with E-state index >= 15 is 0 Å². The summed E-state index contributed by atoms with van der Waals surface area (Å²) in [6, 6.07) is 1.92. The van der Waals surface area contributed by atoms with E-state index in [1.807, 2.05) is 6.07 Å². The van der Waals surface area contributed by atoms with E-state index in [1.165, 1.54) is 17.8 Å². The molecule has 1 aliphatic heterocycles. The normalized spacial score (nSPS) is 22.6. The van der Waals surface area contributed by atoms with Crippen LogP contribution >= 0.6 is 0 Å². The van der Waals surface area contributed by atoms with Crippen molar-refractivity contribution >= 4 is 23.9 Å². The summed E-state index contributed by atoms with van der Waals surface area (Å²) in [5.41, 5.74) is 0.0397. The molecule has 0 saturated carbocycles. The van der Waals surface area contributed by atoms with E-state index in [9.17, 15) is 19.2 Å². The summed E-state index contributed by atoms with van der Waals surface area (Å²) >= 11 is 0. The third-order valence-corrected chi connectivity index (χ3v) is 4.14. The molecule has 1 saturated heterocycles. The fourth-order valence-corrected chi connectivity index (χ4v) is 3.04. The Balaban J connectivity index is 2.50. The van der Waals surface area contributed by atoms with Crippen LogP contribution in [0.5, 0.6) is 0 Å². The number of hydrogen-bond donors (Lipinski definition) is 0. The van der Waals surface area contributed by atoms with E-state index in [4.69, 9.17) is 24.2 Å². The maximum absolute atomic E-state index is 12.0. The van der Waals surface area contributed by atoms with Crippen LogP contribution in [-0.2, 0) is 44.5 Å². The van der Waals surface area contributed by atoms with Gasteiger partial charge in [0.05, 0.1) is 31.6 Å². The minimum atomic E-state index is -1.16. The predicted molar refractivity (Wildman–Crippen MR) is 94.5 cm³/mol. The van der Waals surface area contributed by atoms with Crippen molar-refractivity contribution < 1.29 is 42.9 Å². The fraction of sp³-hybridized carbons (Fsp3) is 0.556. The minimum absolute atomic E-state index is 0.114. The molecule has 0 aliphatic carbocycles. The van der Waals surface area contributed by atoms with Gasteiger partial charge in [0.2, 0.25) is 0 Å². The van der Waals surface area contributed by atoms with E-state index in [-0.39, 0.29) is 24.4 Å². The number of ether oxygens (including phenoxy) is 5. The van der Waals surface area contributed by atoms with Gasteiger partial charge in [-0.3, -0.25) is 14.4 Å². The molecule has 0 bridgehead atoms. The zero-order chi connectivity index (χ0) is 22.4. The average Bonchev–Trinajstić information content (AvgIpc) is 3.21. The van der Waals surface area contributed by atoms with Crippen molar-refractivity contribution in [3.63, 3.8) is 0 Å². The topological polar surface area (TPSA) is 156 Å². The van der Waals surface area contributed by atoms with Crippen LogP contribution in [0.3, 0.4) is 0 Å². The van der Waals surface area contributed by atoms with E-state index in [2.05, 4.69) is 9.72 Å². The van der Waals surface area contributed by atoms with Crippen molar-refractivity contribution in [3.05, 3.63) is 17.7 Å². The number of aromatic nitrogens is 2. The van der Waals surface area contributed by atoms with E-state index in [0.717, 1.165) is 21.0 Å². The van der Waals surface area contributed by atoms with Gasteiger partial charge < -0.3 is 28.3 Å². The predicted octanol–water partition coefficient (Wildman–Crippen LogP) is 0.0597. The maximum atomic E-state index is 12.0. The minimum Gasteiger partial charge on any atom is -0.464 e. The number of imidazole rings is 1. The molecule has 0 unspecified atom stereocenters. The number of carbonyl (C=O) groups is 4. The van der Waals surface area contributed by atoms with Gasteiger partial charge in [0, 0.05) is 20.8 Å².